The van der Waals surface area contributed by atoms with Crippen LogP contribution in [-0.4, -0.2) is 16.5 Å². The molecule has 0 amide bonds. The monoisotopic (exact) mass is 281 g/mol. The van der Waals surface area contributed by atoms with E-state index in [2.05, 4.69) is 22.2 Å². The number of aromatic nitrogens is 2. The first-order chi connectivity index (χ1) is 9.79. The van der Waals surface area contributed by atoms with Crippen molar-refractivity contribution in [2.75, 3.05) is 11.9 Å². The number of nitrogens with zero attached hydrogens (tertiary/aromatic N) is 2. The zero-order valence-electron chi connectivity index (χ0n) is 12.9. The summed E-state index contributed by atoms with van der Waals surface area (Å²) in [5.41, 5.74) is 0.485. The van der Waals surface area contributed by atoms with Gasteiger partial charge in [-0.25, -0.2) is 14.4 Å². The largest absolute Gasteiger partial charge is 0.368 e. The van der Waals surface area contributed by atoms with Gasteiger partial charge in [0.2, 0.25) is 0 Å². The van der Waals surface area contributed by atoms with Crippen molar-refractivity contribution in [1.29, 1.82) is 0 Å². The molecule has 0 bridgehead atoms. The Morgan fingerprint density at radius 2 is 1.60 bits per heavy atom. The van der Waals surface area contributed by atoms with E-state index >= 15 is 0 Å². The standard InChI is InChI=1S/C16H28FN3/c1-3-5-6-7-8-9-10-11-12-18-16-15(17)14(4-2)19-13-20-16/h13H,3-12H2,1-2H3,(H,18,19,20). The predicted octanol–water partition coefficient (Wildman–Crippen LogP) is 4.73. The van der Waals surface area contributed by atoms with Crippen LogP contribution in [0, 0.1) is 5.82 Å². The summed E-state index contributed by atoms with van der Waals surface area (Å²) >= 11 is 0. The molecule has 0 aliphatic carbocycles. The zero-order valence-corrected chi connectivity index (χ0v) is 12.9. The molecule has 3 nitrogen and oxygen atoms in total. The van der Waals surface area contributed by atoms with Gasteiger partial charge < -0.3 is 5.32 Å². The smallest absolute Gasteiger partial charge is 0.186 e. The molecule has 1 aromatic heterocycles. The molecule has 0 unspecified atom stereocenters. The second kappa shape index (κ2) is 10.6. The fourth-order valence-electron chi connectivity index (χ4n) is 2.24. The second-order valence-electron chi connectivity index (χ2n) is 5.24. The molecule has 0 saturated carbocycles. The van der Waals surface area contributed by atoms with Crippen LogP contribution in [-0.2, 0) is 6.42 Å². The number of anilines is 1. The van der Waals surface area contributed by atoms with E-state index in [0.29, 0.717) is 17.9 Å². The molecule has 0 aliphatic heterocycles. The Hall–Kier alpha value is -1.19. The summed E-state index contributed by atoms with van der Waals surface area (Å²) in [7, 11) is 0. The Morgan fingerprint density at radius 1 is 0.950 bits per heavy atom. The lowest BCUT2D eigenvalue weighted by Crippen LogP contribution is -2.08. The van der Waals surface area contributed by atoms with Crippen molar-refractivity contribution >= 4 is 5.82 Å². The molecule has 20 heavy (non-hydrogen) atoms. The number of hydrogen-bond donors (Lipinski definition) is 1. The van der Waals surface area contributed by atoms with Gasteiger partial charge >= 0.3 is 0 Å². The van der Waals surface area contributed by atoms with Crippen LogP contribution in [0.3, 0.4) is 0 Å². The molecule has 4 heteroatoms. The van der Waals surface area contributed by atoms with Crippen molar-refractivity contribution in [2.45, 2.75) is 71.6 Å². The minimum atomic E-state index is -0.297. The molecular formula is C16H28FN3. The normalized spacial score (nSPS) is 10.8. The van der Waals surface area contributed by atoms with Crippen molar-refractivity contribution < 1.29 is 4.39 Å². The summed E-state index contributed by atoms with van der Waals surface area (Å²) < 4.78 is 13.8. The van der Waals surface area contributed by atoms with Gasteiger partial charge in [-0.2, -0.15) is 0 Å². The van der Waals surface area contributed by atoms with Crippen LogP contribution in [0.1, 0.15) is 70.9 Å². The first kappa shape index (κ1) is 16.9. The van der Waals surface area contributed by atoms with E-state index in [1.54, 1.807) is 0 Å². The van der Waals surface area contributed by atoms with Gasteiger partial charge in [0, 0.05) is 6.54 Å². The van der Waals surface area contributed by atoms with Crippen molar-refractivity contribution in [3.8, 4) is 0 Å². The van der Waals surface area contributed by atoms with Crippen molar-refractivity contribution in [1.82, 2.24) is 9.97 Å². The lowest BCUT2D eigenvalue weighted by Gasteiger charge is -2.08. The maximum Gasteiger partial charge on any atom is 0.186 e. The average Bonchev–Trinajstić information content (AvgIpc) is 2.47. The summed E-state index contributed by atoms with van der Waals surface area (Å²) in [5.74, 6) is 0.0503. The Kier molecular flexibility index (Phi) is 8.92. The van der Waals surface area contributed by atoms with E-state index in [-0.39, 0.29) is 5.82 Å². The first-order valence-electron chi connectivity index (χ1n) is 8.02. The average molecular weight is 281 g/mol. The van der Waals surface area contributed by atoms with Gasteiger partial charge in [-0.05, 0) is 12.8 Å². The van der Waals surface area contributed by atoms with Crippen molar-refractivity contribution in [3.63, 3.8) is 0 Å². The van der Waals surface area contributed by atoms with Gasteiger partial charge in [0.05, 0.1) is 5.69 Å². The lowest BCUT2D eigenvalue weighted by molar-refractivity contribution is 0.577. The van der Waals surface area contributed by atoms with Crippen LogP contribution < -0.4 is 5.32 Å². The molecule has 0 radical (unpaired) electrons. The van der Waals surface area contributed by atoms with Gasteiger partial charge in [0.25, 0.3) is 0 Å². The summed E-state index contributed by atoms with van der Waals surface area (Å²) in [6.45, 7) is 4.92. The third kappa shape index (κ3) is 6.31. The van der Waals surface area contributed by atoms with Crippen LogP contribution >= 0.6 is 0 Å². The Balaban J connectivity index is 2.09. The molecule has 1 rings (SSSR count). The molecule has 0 spiro atoms. The highest BCUT2D eigenvalue weighted by Crippen LogP contribution is 2.13. The van der Waals surface area contributed by atoms with Crippen molar-refractivity contribution in [2.24, 2.45) is 0 Å². The van der Waals surface area contributed by atoms with Gasteiger partial charge in [0.1, 0.15) is 6.33 Å². The van der Waals surface area contributed by atoms with E-state index in [4.69, 9.17) is 0 Å². The maximum atomic E-state index is 13.8. The highest BCUT2D eigenvalue weighted by atomic mass is 19.1. The van der Waals surface area contributed by atoms with Gasteiger partial charge in [0.15, 0.2) is 11.6 Å². The highest BCUT2D eigenvalue weighted by molar-refractivity contribution is 5.36. The number of rotatable bonds is 11. The lowest BCUT2D eigenvalue weighted by atomic mass is 10.1. The molecule has 1 N–H and O–H groups in total. The van der Waals surface area contributed by atoms with Gasteiger partial charge in [-0.15, -0.1) is 0 Å². The zero-order chi connectivity index (χ0) is 14.6. The number of nitrogens with one attached hydrogen (secondary N) is 1. The van der Waals surface area contributed by atoms with Gasteiger partial charge in [-0.1, -0.05) is 58.8 Å². The van der Waals surface area contributed by atoms with Crippen molar-refractivity contribution in [3.05, 3.63) is 17.8 Å². The number of unbranched alkanes of at least 4 members (excludes halogenated alkanes) is 7. The molecular weight excluding hydrogens is 253 g/mol. The predicted molar refractivity (Wildman–Crippen MR) is 82.5 cm³/mol. The van der Waals surface area contributed by atoms with E-state index in [9.17, 15) is 4.39 Å². The highest BCUT2D eigenvalue weighted by Gasteiger charge is 2.08. The molecule has 1 aromatic rings. The second-order valence-corrected chi connectivity index (χ2v) is 5.24. The number of halogens is 1. The summed E-state index contributed by atoms with van der Waals surface area (Å²) in [6, 6.07) is 0. The molecule has 1 heterocycles. The minimum absolute atomic E-state index is 0.297. The Bertz CT molecular complexity index is 369. The van der Waals surface area contributed by atoms with E-state index < -0.39 is 0 Å². The molecule has 0 atom stereocenters. The van der Waals surface area contributed by atoms with E-state index in [0.717, 1.165) is 13.0 Å². The van der Waals surface area contributed by atoms with Crippen LogP contribution in [0.25, 0.3) is 0 Å². The van der Waals surface area contributed by atoms with E-state index in [1.165, 1.54) is 51.3 Å². The minimum Gasteiger partial charge on any atom is -0.368 e. The molecule has 114 valence electrons. The number of aryl methyl sites for hydroxylation is 1. The Morgan fingerprint density at radius 3 is 2.25 bits per heavy atom. The third-order valence-corrected chi connectivity index (χ3v) is 3.52. The van der Waals surface area contributed by atoms with E-state index in [1.807, 2.05) is 6.92 Å². The fraction of sp³-hybridized carbons (Fsp3) is 0.750. The van der Waals surface area contributed by atoms with Gasteiger partial charge in [-0.3, -0.25) is 0 Å². The third-order valence-electron chi connectivity index (χ3n) is 3.52. The van der Waals surface area contributed by atoms with Crippen LogP contribution in [0.5, 0.6) is 0 Å². The molecule has 0 saturated heterocycles. The Labute approximate surface area is 122 Å². The molecule has 0 fully saturated rings. The fourth-order valence-corrected chi connectivity index (χ4v) is 2.24. The number of hydrogen-bond acceptors (Lipinski definition) is 3. The quantitative estimate of drug-likeness (QED) is 0.596. The van der Waals surface area contributed by atoms with Crippen LogP contribution in [0.2, 0.25) is 0 Å². The topological polar surface area (TPSA) is 37.8 Å². The summed E-state index contributed by atoms with van der Waals surface area (Å²) in [4.78, 5) is 7.88. The van der Waals surface area contributed by atoms with Crippen LogP contribution in [0.4, 0.5) is 10.2 Å². The first-order valence-corrected chi connectivity index (χ1v) is 8.02. The summed E-state index contributed by atoms with van der Waals surface area (Å²) in [5, 5.41) is 3.07. The van der Waals surface area contributed by atoms with Crippen LogP contribution in [0.15, 0.2) is 6.33 Å². The summed E-state index contributed by atoms with van der Waals surface area (Å²) in [6.07, 6.45) is 12.3. The maximum absolute atomic E-state index is 13.8. The SMILES string of the molecule is CCCCCCCCCCNc1ncnc(CC)c1F. The molecule has 0 aliphatic rings. The molecule has 0 aromatic carbocycles.